The van der Waals surface area contributed by atoms with Gasteiger partial charge in [0.25, 0.3) is 0 Å². The molecule has 0 radical (unpaired) electrons. The molecule has 5 nitrogen and oxygen atoms in total. The smallest absolute Gasteiger partial charge is 0.225 e. The zero-order chi connectivity index (χ0) is 16.8. The van der Waals surface area contributed by atoms with Crippen molar-refractivity contribution in [2.75, 3.05) is 17.2 Å². The largest absolute Gasteiger partial charge is 0.366 e. The van der Waals surface area contributed by atoms with Gasteiger partial charge in [-0.15, -0.1) is 0 Å². The minimum atomic E-state index is 0.607. The molecule has 0 saturated heterocycles. The maximum atomic E-state index is 4.55. The molecule has 0 aliphatic carbocycles. The van der Waals surface area contributed by atoms with Gasteiger partial charge in [0.2, 0.25) is 5.95 Å². The molecule has 0 amide bonds. The van der Waals surface area contributed by atoms with Crippen molar-refractivity contribution < 1.29 is 0 Å². The third kappa shape index (κ3) is 4.29. The number of halogens is 1. The first-order valence-corrected chi connectivity index (χ1v) is 8.55. The van der Waals surface area contributed by atoms with Gasteiger partial charge in [-0.2, -0.15) is 4.98 Å². The summed E-state index contributed by atoms with van der Waals surface area (Å²) in [6.07, 6.45) is 3.55. The van der Waals surface area contributed by atoms with Crippen LogP contribution in [0.3, 0.4) is 0 Å². The predicted molar refractivity (Wildman–Crippen MR) is 101 cm³/mol. The summed E-state index contributed by atoms with van der Waals surface area (Å²) in [5.41, 5.74) is 2.98. The summed E-state index contributed by atoms with van der Waals surface area (Å²) in [5.74, 6) is 1.38. The number of hydrogen-bond acceptors (Lipinski definition) is 5. The van der Waals surface area contributed by atoms with E-state index in [1.165, 1.54) is 5.56 Å². The Morgan fingerprint density at radius 2 is 1.96 bits per heavy atom. The van der Waals surface area contributed by atoms with Crippen LogP contribution in [0, 0.1) is 0 Å². The topological polar surface area (TPSA) is 62.7 Å². The predicted octanol–water partition coefficient (Wildman–Crippen LogP) is 4.35. The molecule has 0 unspecified atom stereocenters. The number of nitrogens with one attached hydrogen (secondary N) is 2. The van der Waals surface area contributed by atoms with Gasteiger partial charge < -0.3 is 10.6 Å². The van der Waals surface area contributed by atoms with Crippen molar-refractivity contribution in [2.45, 2.75) is 13.5 Å². The fourth-order valence-electron chi connectivity index (χ4n) is 2.28. The zero-order valence-corrected chi connectivity index (χ0v) is 14.9. The molecule has 0 spiro atoms. The van der Waals surface area contributed by atoms with Gasteiger partial charge in [0.05, 0.1) is 5.69 Å². The number of hydrogen-bond donors (Lipinski definition) is 2. The van der Waals surface area contributed by atoms with Crippen molar-refractivity contribution in [3.05, 3.63) is 64.9 Å². The second kappa shape index (κ2) is 7.88. The lowest BCUT2D eigenvalue weighted by Gasteiger charge is -2.11. The SMILES string of the molecule is CCNc1nc(NCc2cccc(Br)c2)cc(-c2cccnc2)n1. The van der Waals surface area contributed by atoms with Gasteiger partial charge >= 0.3 is 0 Å². The molecule has 3 aromatic rings. The summed E-state index contributed by atoms with van der Waals surface area (Å²) in [4.78, 5) is 13.2. The van der Waals surface area contributed by atoms with Crippen LogP contribution in [-0.2, 0) is 6.54 Å². The summed E-state index contributed by atoms with van der Waals surface area (Å²) >= 11 is 3.49. The van der Waals surface area contributed by atoms with Gasteiger partial charge in [-0.05, 0) is 36.8 Å². The first-order chi connectivity index (χ1) is 11.7. The third-order valence-electron chi connectivity index (χ3n) is 3.38. The normalized spacial score (nSPS) is 10.4. The number of benzene rings is 1. The molecule has 0 aliphatic heterocycles. The molecule has 0 saturated carbocycles. The third-order valence-corrected chi connectivity index (χ3v) is 3.87. The van der Waals surface area contributed by atoms with Crippen LogP contribution < -0.4 is 10.6 Å². The highest BCUT2D eigenvalue weighted by atomic mass is 79.9. The highest BCUT2D eigenvalue weighted by Crippen LogP contribution is 2.21. The first kappa shape index (κ1) is 16.4. The van der Waals surface area contributed by atoms with Crippen molar-refractivity contribution in [3.8, 4) is 11.3 Å². The number of anilines is 2. The number of rotatable bonds is 6. The Labute approximate surface area is 149 Å². The molecule has 122 valence electrons. The van der Waals surface area contributed by atoms with E-state index < -0.39 is 0 Å². The van der Waals surface area contributed by atoms with Gasteiger partial charge in [-0.25, -0.2) is 4.98 Å². The van der Waals surface area contributed by atoms with E-state index in [-0.39, 0.29) is 0 Å². The monoisotopic (exact) mass is 383 g/mol. The molecule has 0 fully saturated rings. The number of nitrogens with zero attached hydrogens (tertiary/aromatic N) is 3. The summed E-state index contributed by atoms with van der Waals surface area (Å²) in [6, 6.07) is 14.0. The van der Waals surface area contributed by atoms with Crippen LogP contribution in [0.4, 0.5) is 11.8 Å². The standard InChI is InChI=1S/C18H18BrN5/c1-2-21-18-23-16(14-6-4-8-20-12-14)10-17(24-18)22-11-13-5-3-7-15(19)9-13/h3-10,12H,2,11H2,1H3,(H2,21,22,23,24). The fraction of sp³-hybridized carbons (Fsp3) is 0.167. The van der Waals surface area contributed by atoms with Gasteiger partial charge in [-0.3, -0.25) is 4.98 Å². The molecule has 0 atom stereocenters. The highest BCUT2D eigenvalue weighted by molar-refractivity contribution is 9.10. The first-order valence-electron chi connectivity index (χ1n) is 7.76. The van der Waals surface area contributed by atoms with Crippen molar-refractivity contribution >= 4 is 27.7 Å². The lowest BCUT2D eigenvalue weighted by molar-refractivity contribution is 1.05. The molecule has 1 aromatic carbocycles. The van der Waals surface area contributed by atoms with Gasteiger partial charge in [0.15, 0.2) is 0 Å². The van der Waals surface area contributed by atoms with Gasteiger partial charge in [0.1, 0.15) is 5.82 Å². The minimum Gasteiger partial charge on any atom is -0.366 e. The quantitative estimate of drug-likeness (QED) is 0.662. The van der Waals surface area contributed by atoms with Crippen LogP contribution in [0.25, 0.3) is 11.3 Å². The Balaban J connectivity index is 1.85. The van der Waals surface area contributed by atoms with Crippen LogP contribution in [0.5, 0.6) is 0 Å². The Morgan fingerprint density at radius 1 is 1.04 bits per heavy atom. The Hall–Kier alpha value is -2.47. The van der Waals surface area contributed by atoms with E-state index in [1.54, 1.807) is 12.4 Å². The fourth-order valence-corrected chi connectivity index (χ4v) is 2.72. The van der Waals surface area contributed by atoms with Crippen molar-refractivity contribution in [1.82, 2.24) is 15.0 Å². The van der Waals surface area contributed by atoms with E-state index in [0.717, 1.165) is 28.1 Å². The Morgan fingerprint density at radius 3 is 2.71 bits per heavy atom. The average molecular weight is 384 g/mol. The second-order valence-corrected chi connectivity index (χ2v) is 6.13. The summed E-state index contributed by atoms with van der Waals surface area (Å²) in [6.45, 7) is 3.48. The van der Waals surface area contributed by atoms with Gasteiger partial charge in [0, 0.05) is 41.6 Å². The Kier molecular flexibility index (Phi) is 5.38. The molecule has 0 aliphatic rings. The van der Waals surface area contributed by atoms with Crippen LogP contribution in [-0.4, -0.2) is 21.5 Å². The summed E-state index contributed by atoms with van der Waals surface area (Å²) < 4.78 is 1.06. The van der Waals surface area contributed by atoms with E-state index in [9.17, 15) is 0 Å². The molecule has 24 heavy (non-hydrogen) atoms. The molecular weight excluding hydrogens is 366 g/mol. The molecule has 6 heteroatoms. The number of aromatic nitrogens is 3. The van der Waals surface area contributed by atoms with E-state index in [2.05, 4.69) is 53.6 Å². The Bertz CT molecular complexity index is 808. The minimum absolute atomic E-state index is 0.607. The summed E-state index contributed by atoms with van der Waals surface area (Å²) in [5, 5.41) is 6.54. The lowest BCUT2D eigenvalue weighted by Crippen LogP contribution is -2.07. The van der Waals surface area contributed by atoms with E-state index in [1.807, 2.05) is 37.3 Å². The summed E-state index contributed by atoms with van der Waals surface area (Å²) in [7, 11) is 0. The van der Waals surface area contributed by atoms with Crippen LogP contribution >= 0.6 is 15.9 Å². The second-order valence-electron chi connectivity index (χ2n) is 5.22. The van der Waals surface area contributed by atoms with E-state index in [0.29, 0.717) is 12.5 Å². The van der Waals surface area contributed by atoms with E-state index >= 15 is 0 Å². The lowest BCUT2D eigenvalue weighted by atomic mass is 10.2. The molecular formula is C18H18BrN5. The molecule has 2 heterocycles. The highest BCUT2D eigenvalue weighted by Gasteiger charge is 2.07. The molecule has 0 bridgehead atoms. The van der Waals surface area contributed by atoms with Crippen LogP contribution in [0.15, 0.2) is 59.3 Å². The molecule has 2 aromatic heterocycles. The van der Waals surface area contributed by atoms with Crippen LogP contribution in [0.1, 0.15) is 12.5 Å². The van der Waals surface area contributed by atoms with Crippen LogP contribution in [0.2, 0.25) is 0 Å². The maximum absolute atomic E-state index is 4.55. The van der Waals surface area contributed by atoms with E-state index in [4.69, 9.17) is 0 Å². The van der Waals surface area contributed by atoms with Crippen molar-refractivity contribution in [1.29, 1.82) is 0 Å². The van der Waals surface area contributed by atoms with Gasteiger partial charge in [-0.1, -0.05) is 28.1 Å². The average Bonchev–Trinajstić information content (AvgIpc) is 2.61. The molecule has 2 N–H and O–H groups in total. The molecule has 3 rings (SSSR count). The zero-order valence-electron chi connectivity index (χ0n) is 13.3. The number of pyridine rings is 1. The van der Waals surface area contributed by atoms with Crippen molar-refractivity contribution in [2.24, 2.45) is 0 Å². The van der Waals surface area contributed by atoms with Crippen molar-refractivity contribution in [3.63, 3.8) is 0 Å². The maximum Gasteiger partial charge on any atom is 0.225 e.